The molecular weight excluding hydrogens is 440 g/mol. The van der Waals surface area contributed by atoms with E-state index in [-0.39, 0.29) is 5.56 Å². The molecule has 5 nitrogen and oxygen atoms in total. The van der Waals surface area contributed by atoms with E-state index < -0.39 is 0 Å². The average molecular weight is 457 g/mol. The molecule has 30 heavy (non-hydrogen) atoms. The Morgan fingerprint density at radius 2 is 1.53 bits per heavy atom. The third-order valence-electron chi connectivity index (χ3n) is 4.97. The second-order valence-corrected chi connectivity index (χ2v) is 7.98. The number of benzene rings is 3. The first-order valence-corrected chi connectivity index (χ1v) is 10.3. The number of hydrogen-bond acceptors (Lipinski definition) is 3. The molecule has 0 aliphatic heterocycles. The number of aryl methyl sites for hydroxylation is 1. The predicted molar refractivity (Wildman–Crippen MR) is 122 cm³/mol. The zero-order valence-electron chi connectivity index (χ0n) is 16.2. The molecule has 0 unspecified atom stereocenters. The summed E-state index contributed by atoms with van der Waals surface area (Å²) in [5, 5.41) is 5.05. The molecule has 0 aliphatic carbocycles. The second-order valence-electron chi connectivity index (χ2n) is 7.06. The smallest absolute Gasteiger partial charge is 0.268 e. The molecule has 2 aromatic heterocycles. The maximum atomic E-state index is 13.6. The van der Waals surface area contributed by atoms with Crippen molar-refractivity contribution in [1.82, 2.24) is 19.3 Å². The minimum absolute atomic E-state index is 0.153. The van der Waals surface area contributed by atoms with Crippen LogP contribution in [-0.4, -0.2) is 19.3 Å². The first-order chi connectivity index (χ1) is 14.6. The summed E-state index contributed by atoms with van der Waals surface area (Å²) in [5.41, 5.74) is 3.90. The highest BCUT2D eigenvalue weighted by molar-refractivity contribution is 9.10. The van der Waals surface area contributed by atoms with Crippen molar-refractivity contribution in [1.29, 1.82) is 0 Å². The second kappa shape index (κ2) is 7.39. The van der Waals surface area contributed by atoms with Gasteiger partial charge in [0.05, 0.1) is 11.4 Å². The Labute approximate surface area is 181 Å². The summed E-state index contributed by atoms with van der Waals surface area (Å²) in [5.74, 6) is 0.563. The number of hydrogen-bond donors (Lipinski definition) is 0. The van der Waals surface area contributed by atoms with Crippen LogP contribution in [-0.2, 0) is 0 Å². The lowest BCUT2D eigenvalue weighted by Crippen LogP contribution is -2.21. The van der Waals surface area contributed by atoms with Crippen LogP contribution in [0.2, 0.25) is 0 Å². The average Bonchev–Trinajstić information content (AvgIpc) is 3.21. The monoisotopic (exact) mass is 456 g/mol. The number of para-hydroxylation sites is 1. The normalized spacial score (nSPS) is 11.1. The Bertz CT molecular complexity index is 1400. The maximum Gasteiger partial charge on any atom is 0.269 e. The Morgan fingerprint density at radius 1 is 0.833 bits per heavy atom. The van der Waals surface area contributed by atoms with Crippen molar-refractivity contribution in [2.75, 3.05) is 0 Å². The highest BCUT2D eigenvalue weighted by Crippen LogP contribution is 2.24. The van der Waals surface area contributed by atoms with Crippen molar-refractivity contribution in [3.8, 4) is 22.8 Å². The van der Waals surface area contributed by atoms with Crippen molar-refractivity contribution >= 4 is 27.0 Å². The Morgan fingerprint density at radius 3 is 2.23 bits per heavy atom. The third kappa shape index (κ3) is 3.25. The zero-order valence-corrected chi connectivity index (χ0v) is 17.7. The number of rotatable bonds is 3. The van der Waals surface area contributed by atoms with Gasteiger partial charge in [0.15, 0.2) is 5.65 Å². The van der Waals surface area contributed by atoms with Gasteiger partial charge in [0, 0.05) is 16.2 Å². The molecule has 3 aromatic carbocycles. The highest BCUT2D eigenvalue weighted by atomic mass is 79.9. The van der Waals surface area contributed by atoms with Crippen LogP contribution in [0.25, 0.3) is 33.8 Å². The van der Waals surface area contributed by atoms with Gasteiger partial charge in [-0.3, -0.25) is 9.36 Å². The molecule has 0 spiro atoms. The molecule has 0 amide bonds. The molecule has 0 saturated carbocycles. The van der Waals surface area contributed by atoms with Crippen molar-refractivity contribution < 1.29 is 0 Å². The first kappa shape index (κ1) is 18.5. The summed E-state index contributed by atoms with van der Waals surface area (Å²) in [6.07, 6.45) is 1.74. The van der Waals surface area contributed by atoms with E-state index in [0.29, 0.717) is 16.9 Å². The number of aromatic nitrogens is 4. The van der Waals surface area contributed by atoms with Gasteiger partial charge in [-0.25, -0.2) is 9.67 Å². The van der Waals surface area contributed by atoms with E-state index in [0.717, 1.165) is 27.0 Å². The molecule has 0 bridgehead atoms. The predicted octanol–water partition coefficient (Wildman–Crippen LogP) is 5.31. The Kier molecular flexibility index (Phi) is 4.56. The van der Waals surface area contributed by atoms with Gasteiger partial charge < -0.3 is 0 Å². The quantitative estimate of drug-likeness (QED) is 0.369. The SMILES string of the molecule is Cc1ccc(-c2nc3nn(-c4ccccc4)cc3c(=O)n2-c2ccc(Br)cc2)cc1. The summed E-state index contributed by atoms with van der Waals surface area (Å²) in [6, 6.07) is 25.3. The van der Waals surface area contributed by atoms with Gasteiger partial charge in [0.25, 0.3) is 5.56 Å². The largest absolute Gasteiger partial charge is 0.269 e. The lowest BCUT2D eigenvalue weighted by Gasteiger charge is -2.12. The summed E-state index contributed by atoms with van der Waals surface area (Å²) in [7, 11) is 0. The van der Waals surface area contributed by atoms with Crippen molar-refractivity contribution in [3.63, 3.8) is 0 Å². The van der Waals surface area contributed by atoms with E-state index in [1.54, 1.807) is 15.4 Å². The van der Waals surface area contributed by atoms with E-state index in [4.69, 9.17) is 4.98 Å². The van der Waals surface area contributed by atoms with Crippen LogP contribution >= 0.6 is 15.9 Å². The molecule has 6 heteroatoms. The van der Waals surface area contributed by atoms with Gasteiger partial charge in [-0.15, -0.1) is 5.10 Å². The van der Waals surface area contributed by atoms with Crippen molar-refractivity contribution in [2.45, 2.75) is 6.92 Å². The first-order valence-electron chi connectivity index (χ1n) is 9.51. The van der Waals surface area contributed by atoms with Crippen LogP contribution in [0.5, 0.6) is 0 Å². The highest BCUT2D eigenvalue weighted by Gasteiger charge is 2.17. The van der Waals surface area contributed by atoms with Crippen LogP contribution in [0.4, 0.5) is 0 Å². The summed E-state index contributed by atoms with van der Waals surface area (Å²) >= 11 is 3.46. The lowest BCUT2D eigenvalue weighted by molar-refractivity contribution is 0.888. The van der Waals surface area contributed by atoms with Gasteiger partial charge in [-0.05, 0) is 43.3 Å². The molecule has 146 valence electrons. The van der Waals surface area contributed by atoms with E-state index in [1.165, 1.54) is 0 Å². The topological polar surface area (TPSA) is 52.7 Å². The molecular formula is C24H17BrN4O. The lowest BCUT2D eigenvalue weighted by atomic mass is 10.1. The fraction of sp³-hybridized carbons (Fsp3) is 0.0417. The molecule has 0 saturated heterocycles. The van der Waals surface area contributed by atoms with Crippen LogP contribution < -0.4 is 5.56 Å². The van der Waals surface area contributed by atoms with Gasteiger partial charge in [0.1, 0.15) is 11.2 Å². The zero-order chi connectivity index (χ0) is 20.7. The van der Waals surface area contributed by atoms with Gasteiger partial charge in [-0.1, -0.05) is 64.0 Å². The standard InChI is InChI=1S/C24H17BrN4O/c1-16-7-9-17(10-8-16)23-26-22-21(15-28(27-22)19-5-3-2-4-6-19)24(30)29(23)20-13-11-18(25)12-14-20/h2-15H,1H3. The molecule has 5 rings (SSSR count). The van der Waals surface area contributed by atoms with E-state index in [2.05, 4.69) is 21.0 Å². The minimum atomic E-state index is -0.153. The van der Waals surface area contributed by atoms with Crippen LogP contribution in [0.1, 0.15) is 5.56 Å². The fourth-order valence-electron chi connectivity index (χ4n) is 3.40. The maximum absolute atomic E-state index is 13.6. The summed E-state index contributed by atoms with van der Waals surface area (Å²) in [4.78, 5) is 18.4. The number of halogens is 1. The van der Waals surface area contributed by atoms with Gasteiger partial charge in [0.2, 0.25) is 0 Å². The van der Waals surface area contributed by atoms with Crippen LogP contribution in [0.3, 0.4) is 0 Å². The number of nitrogens with zero attached hydrogens (tertiary/aromatic N) is 4. The molecule has 0 atom stereocenters. The minimum Gasteiger partial charge on any atom is -0.268 e. The third-order valence-corrected chi connectivity index (χ3v) is 5.50. The molecule has 0 radical (unpaired) electrons. The van der Waals surface area contributed by atoms with Gasteiger partial charge in [-0.2, -0.15) is 0 Å². The molecule has 5 aromatic rings. The summed E-state index contributed by atoms with van der Waals surface area (Å²) in [6.45, 7) is 2.03. The molecule has 0 aliphatic rings. The molecule has 0 N–H and O–H groups in total. The van der Waals surface area contributed by atoms with E-state index in [1.807, 2.05) is 85.8 Å². The molecule has 2 heterocycles. The fourth-order valence-corrected chi connectivity index (χ4v) is 3.67. The molecule has 0 fully saturated rings. The van der Waals surface area contributed by atoms with Crippen LogP contribution in [0, 0.1) is 6.92 Å². The Balaban J connectivity index is 1.81. The van der Waals surface area contributed by atoms with E-state index in [9.17, 15) is 4.79 Å². The Hall–Kier alpha value is -3.51. The van der Waals surface area contributed by atoms with Crippen LogP contribution in [0.15, 0.2) is 94.3 Å². The number of fused-ring (bicyclic) bond motifs is 1. The van der Waals surface area contributed by atoms with Crippen molar-refractivity contribution in [3.05, 3.63) is 105 Å². The van der Waals surface area contributed by atoms with Crippen molar-refractivity contribution in [2.24, 2.45) is 0 Å². The summed E-state index contributed by atoms with van der Waals surface area (Å²) < 4.78 is 4.29. The van der Waals surface area contributed by atoms with Gasteiger partial charge >= 0.3 is 0 Å². The van der Waals surface area contributed by atoms with E-state index >= 15 is 0 Å².